The number of nitrogens with zero attached hydrogens (tertiary/aromatic N) is 1. The Bertz CT molecular complexity index is 229. The van der Waals surface area contributed by atoms with Crippen molar-refractivity contribution in [2.45, 2.75) is 46.1 Å². The van der Waals surface area contributed by atoms with Crippen LogP contribution in [0.4, 0.5) is 4.79 Å². The monoisotopic (exact) mass is 230 g/mol. The van der Waals surface area contributed by atoms with E-state index in [9.17, 15) is 9.59 Å². The molecular weight excluding hydrogens is 208 g/mol. The molecule has 0 atom stereocenters. The third-order valence-electron chi connectivity index (χ3n) is 2.20. The van der Waals surface area contributed by atoms with Crippen LogP contribution in [0.3, 0.4) is 0 Å². The summed E-state index contributed by atoms with van der Waals surface area (Å²) in [6.07, 6.45) is 1.49. The van der Waals surface area contributed by atoms with E-state index in [4.69, 9.17) is 5.11 Å². The maximum atomic E-state index is 11.7. The summed E-state index contributed by atoms with van der Waals surface area (Å²) in [4.78, 5) is 23.7. The molecule has 0 aliphatic rings. The number of carbonyl (C=O) groups is 2. The third-order valence-corrected chi connectivity index (χ3v) is 2.20. The fourth-order valence-corrected chi connectivity index (χ4v) is 1.33. The summed E-state index contributed by atoms with van der Waals surface area (Å²) >= 11 is 0. The Morgan fingerprint density at radius 1 is 1.38 bits per heavy atom. The summed E-state index contributed by atoms with van der Waals surface area (Å²) in [6, 6.07) is -0.0205. The molecule has 0 saturated carbocycles. The van der Waals surface area contributed by atoms with Gasteiger partial charge in [-0.1, -0.05) is 6.92 Å². The second-order valence-corrected chi connectivity index (χ2v) is 4.02. The molecule has 0 aromatic heterocycles. The van der Waals surface area contributed by atoms with Crippen molar-refractivity contribution in [3.05, 3.63) is 0 Å². The van der Waals surface area contributed by atoms with E-state index < -0.39 is 5.97 Å². The Morgan fingerprint density at radius 3 is 2.44 bits per heavy atom. The first-order valence-electron chi connectivity index (χ1n) is 5.75. The van der Waals surface area contributed by atoms with Gasteiger partial charge in [-0.25, -0.2) is 4.79 Å². The van der Waals surface area contributed by atoms with E-state index in [1.54, 1.807) is 4.90 Å². The zero-order chi connectivity index (χ0) is 12.6. The van der Waals surface area contributed by atoms with E-state index in [2.05, 4.69) is 5.32 Å². The smallest absolute Gasteiger partial charge is 0.317 e. The molecule has 16 heavy (non-hydrogen) atoms. The minimum absolute atomic E-state index is 0.0886. The normalized spacial score (nSPS) is 10.2. The van der Waals surface area contributed by atoms with E-state index >= 15 is 0 Å². The molecule has 0 aromatic rings. The lowest BCUT2D eigenvalue weighted by Crippen LogP contribution is -2.44. The van der Waals surface area contributed by atoms with Crippen LogP contribution in [-0.2, 0) is 4.79 Å². The number of nitrogens with one attached hydrogen (secondary N) is 1. The second kappa shape index (κ2) is 7.96. The molecule has 94 valence electrons. The first-order valence-corrected chi connectivity index (χ1v) is 5.75. The van der Waals surface area contributed by atoms with Gasteiger partial charge in [0.15, 0.2) is 0 Å². The van der Waals surface area contributed by atoms with Crippen LogP contribution in [-0.4, -0.2) is 41.1 Å². The van der Waals surface area contributed by atoms with Crippen LogP contribution >= 0.6 is 0 Å². The van der Waals surface area contributed by atoms with Gasteiger partial charge >= 0.3 is 12.0 Å². The van der Waals surface area contributed by atoms with Gasteiger partial charge in [-0.2, -0.15) is 0 Å². The van der Waals surface area contributed by atoms with Gasteiger partial charge in [0.25, 0.3) is 0 Å². The fraction of sp³-hybridized carbons (Fsp3) is 0.818. The summed E-state index contributed by atoms with van der Waals surface area (Å²) in [5.74, 6) is -0.822. The minimum Gasteiger partial charge on any atom is -0.481 e. The van der Waals surface area contributed by atoms with Crippen LogP contribution in [0.2, 0.25) is 0 Å². The van der Waals surface area contributed by atoms with E-state index in [0.29, 0.717) is 19.5 Å². The van der Waals surface area contributed by atoms with Gasteiger partial charge in [-0.3, -0.25) is 4.79 Å². The summed E-state index contributed by atoms with van der Waals surface area (Å²) in [6.45, 7) is 6.98. The number of amides is 2. The topological polar surface area (TPSA) is 69.6 Å². The van der Waals surface area contributed by atoms with Gasteiger partial charge in [-0.05, 0) is 26.7 Å². The highest BCUT2D eigenvalue weighted by molar-refractivity contribution is 5.74. The minimum atomic E-state index is -0.822. The molecule has 5 nitrogen and oxygen atoms in total. The lowest BCUT2D eigenvalue weighted by Gasteiger charge is -2.26. The number of carboxylic acids is 1. The number of aliphatic carboxylic acids is 1. The Morgan fingerprint density at radius 2 is 2.00 bits per heavy atom. The molecule has 0 spiro atoms. The molecule has 0 saturated heterocycles. The van der Waals surface area contributed by atoms with Crippen molar-refractivity contribution < 1.29 is 14.7 Å². The van der Waals surface area contributed by atoms with Crippen LogP contribution in [0.25, 0.3) is 0 Å². The van der Waals surface area contributed by atoms with Crippen molar-refractivity contribution in [1.82, 2.24) is 10.2 Å². The zero-order valence-electron chi connectivity index (χ0n) is 10.3. The van der Waals surface area contributed by atoms with Gasteiger partial charge < -0.3 is 15.3 Å². The number of urea groups is 1. The highest BCUT2D eigenvalue weighted by Gasteiger charge is 2.15. The standard InChI is InChI=1S/C11H22N2O3/c1-4-7-12-11(16)13(9(2)3)8-5-6-10(14)15/h9H,4-8H2,1-3H3,(H,12,16)(H,14,15). The molecule has 0 rings (SSSR count). The number of hydrogen-bond donors (Lipinski definition) is 2. The largest absolute Gasteiger partial charge is 0.481 e. The fourth-order valence-electron chi connectivity index (χ4n) is 1.33. The predicted molar refractivity (Wildman–Crippen MR) is 62.4 cm³/mol. The molecule has 0 bridgehead atoms. The highest BCUT2D eigenvalue weighted by Crippen LogP contribution is 2.02. The average molecular weight is 230 g/mol. The SMILES string of the molecule is CCCNC(=O)N(CCCC(=O)O)C(C)C. The number of hydrogen-bond acceptors (Lipinski definition) is 2. The first kappa shape index (κ1) is 14.7. The second-order valence-electron chi connectivity index (χ2n) is 4.02. The molecule has 0 heterocycles. The van der Waals surface area contributed by atoms with E-state index in [1.165, 1.54) is 0 Å². The number of carboxylic acid groups (broad SMARTS) is 1. The molecule has 0 fully saturated rings. The lowest BCUT2D eigenvalue weighted by atomic mass is 10.2. The van der Waals surface area contributed by atoms with E-state index in [1.807, 2.05) is 20.8 Å². The van der Waals surface area contributed by atoms with Crippen LogP contribution in [0.5, 0.6) is 0 Å². The van der Waals surface area contributed by atoms with Crippen molar-refractivity contribution in [1.29, 1.82) is 0 Å². The van der Waals surface area contributed by atoms with Crippen LogP contribution in [0, 0.1) is 0 Å². The van der Waals surface area contributed by atoms with Crippen LogP contribution in [0.1, 0.15) is 40.0 Å². The van der Waals surface area contributed by atoms with Crippen molar-refractivity contribution >= 4 is 12.0 Å². The molecule has 0 unspecified atom stereocenters. The Kier molecular flexibility index (Phi) is 7.33. The molecule has 5 heteroatoms. The van der Waals surface area contributed by atoms with Gasteiger partial charge in [-0.15, -0.1) is 0 Å². The van der Waals surface area contributed by atoms with Gasteiger partial charge in [0, 0.05) is 25.6 Å². The maximum Gasteiger partial charge on any atom is 0.317 e. The van der Waals surface area contributed by atoms with Crippen molar-refractivity contribution in [3.63, 3.8) is 0 Å². The first-order chi connectivity index (χ1) is 7.49. The van der Waals surface area contributed by atoms with Gasteiger partial charge in [0.2, 0.25) is 0 Å². The van der Waals surface area contributed by atoms with Gasteiger partial charge in [0.1, 0.15) is 0 Å². The molecule has 0 aliphatic carbocycles. The summed E-state index contributed by atoms with van der Waals surface area (Å²) in [5.41, 5.74) is 0. The van der Waals surface area contributed by atoms with E-state index in [-0.39, 0.29) is 18.5 Å². The number of rotatable bonds is 7. The Hall–Kier alpha value is -1.26. The average Bonchev–Trinajstić information content (AvgIpc) is 2.20. The molecular formula is C11H22N2O3. The third kappa shape index (κ3) is 6.27. The summed E-state index contributed by atoms with van der Waals surface area (Å²) in [5, 5.41) is 11.3. The van der Waals surface area contributed by atoms with Crippen LogP contribution in [0.15, 0.2) is 0 Å². The molecule has 2 amide bonds. The summed E-state index contributed by atoms with van der Waals surface area (Å²) < 4.78 is 0. The summed E-state index contributed by atoms with van der Waals surface area (Å²) in [7, 11) is 0. The highest BCUT2D eigenvalue weighted by atomic mass is 16.4. The van der Waals surface area contributed by atoms with Crippen molar-refractivity contribution in [2.24, 2.45) is 0 Å². The molecule has 0 aromatic carbocycles. The van der Waals surface area contributed by atoms with Crippen molar-refractivity contribution in [3.8, 4) is 0 Å². The lowest BCUT2D eigenvalue weighted by molar-refractivity contribution is -0.137. The Labute approximate surface area is 96.8 Å². The maximum absolute atomic E-state index is 11.7. The molecule has 0 aliphatic heterocycles. The quantitative estimate of drug-likeness (QED) is 0.699. The molecule has 2 N–H and O–H groups in total. The zero-order valence-corrected chi connectivity index (χ0v) is 10.3. The van der Waals surface area contributed by atoms with Gasteiger partial charge in [0.05, 0.1) is 0 Å². The van der Waals surface area contributed by atoms with Crippen molar-refractivity contribution in [2.75, 3.05) is 13.1 Å². The Balaban J connectivity index is 4.05. The predicted octanol–water partition coefficient (Wildman–Crippen LogP) is 1.68. The number of carbonyl (C=O) groups excluding carboxylic acids is 1. The van der Waals surface area contributed by atoms with Crippen LogP contribution < -0.4 is 5.32 Å². The molecule has 0 radical (unpaired) electrons. The van der Waals surface area contributed by atoms with E-state index in [0.717, 1.165) is 6.42 Å².